The number of rotatable bonds is 5. The lowest BCUT2D eigenvalue weighted by atomic mass is 9.91. The number of aromatic nitrogens is 3. The first-order valence-electron chi connectivity index (χ1n) is 13.0. The Morgan fingerprint density at radius 2 is 2.03 bits per heavy atom. The zero-order valence-electron chi connectivity index (χ0n) is 21.2. The predicted molar refractivity (Wildman–Crippen MR) is 146 cm³/mol. The van der Waals surface area contributed by atoms with Crippen LogP contribution in [-0.4, -0.2) is 71.8 Å². The van der Waals surface area contributed by atoms with Gasteiger partial charge < -0.3 is 25.6 Å². The van der Waals surface area contributed by atoms with Crippen molar-refractivity contribution >= 4 is 43.1 Å². The minimum atomic E-state index is -0.677. The van der Waals surface area contributed by atoms with E-state index in [1.165, 1.54) is 12.1 Å². The first-order valence-corrected chi connectivity index (χ1v) is 13.8. The standard InChI is InChI=1S/C27H26F2N8OS/c1-36-5-4-13(9-36)12-38-27-34-23-18(26(35-27)37-10-14-6-15(11-37)33-14)8-32-22(21(23)29)16-2-3-19(28)24-20(16)17(7-30)25(31)39-24/h2-3,8,13-15,33H,4-6,9-12,31H2,1H3/t13-,14?,15?/m0/s1. The summed E-state index contributed by atoms with van der Waals surface area (Å²) in [7, 11) is 2.08. The highest BCUT2D eigenvalue weighted by molar-refractivity contribution is 7.23. The maximum Gasteiger partial charge on any atom is 0.319 e. The van der Waals surface area contributed by atoms with E-state index in [9.17, 15) is 9.65 Å². The van der Waals surface area contributed by atoms with Gasteiger partial charge in [0.15, 0.2) is 5.82 Å². The number of nitrogen functional groups attached to an aromatic ring is 1. The zero-order valence-corrected chi connectivity index (χ0v) is 22.1. The number of ether oxygens (including phenoxy) is 1. The van der Waals surface area contributed by atoms with Crippen LogP contribution >= 0.6 is 11.3 Å². The monoisotopic (exact) mass is 548 g/mol. The molecule has 0 saturated carbocycles. The van der Waals surface area contributed by atoms with Crippen LogP contribution in [0.3, 0.4) is 0 Å². The Morgan fingerprint density at radius 1 is 1.23 bits per heavy atom. The Morgan fingerprint density at radius 3 is 2.74 bits per heavy atom. The van der Waals surface area contributed by atoms with Crippen LogP contribution in [0.1, 0.15) is 18.4 Å². The second-order valence-electron chi connectivity index (χ2n) is 10.7. The lowest BCUT2D eigenvalue weighted by Gasteiger charge is -2.48. The van der Waals surface area contributed by atoms with Crippen molar-refractivity contribution in [3.63, 3.8) is 0 Å². The number of anilines is 2. The van der Waals surface area contributed by atoms with Crippen molar-refractivity contribution in [2.75, 3.05) is 50.5 Å². The van der Waals surface area contributed by atoms with E-state index < -0.39 is 11.6 Å². The van der Waals surface area contributed by atoms with Crippen molar-refractivity contribution in [2.24, 2.45) is 5.92 Å². The Balaban J connectivity index is 1.36. The van der Waals surface area contributed by atoms with Gasteiger partial charge in [-0.25, -0.2) is 8.78 Å². The van der Waals surface area contributed by atoms with E-state index in [4.69, 9.17) is 15.5 Å². The molecular formula is C27H26F2N8OS. The molecule has 0 spiro atoms. The maximum atomic E-state index is 16.4. The van der Waals surface area contributed by atoms with Crippen LogP contribution in [0.5, 0.6) is 6.01 Å². The summed E-state index contributed by atoms with van der Waals surface area (Å²) in [5.41, 5.74) is 6.45. The molecule has 4 aromatic rings. The largest absolute Gasteiger partial charge is 0.463 e. The van der Waals surface area contributed by atoms with Gasteiger partial charge in [-0.3, -0.25) is 4.98 Å². The molecule has 39 heavy (non-hydrogen) atoms. The second kappa shape index (κ2) is 9.22. The van der Waals surface area contributed by atoms with Crippen LogP contribution in [0, 0.1) is 28.9 Å². The van der Waals surface area contributed by atoms with Crippen LogP contribution in [0.4, 0.5) is 19.6 Å². The summed E-state index contributed by atoms with van der Waals surface area (Å²) in [4.78, 5) is 18.1. The average Bonchev–Trinajstić information content (AvgIpc) is 3.50. The summed E-state index contributed by atoms with van der Waals surface area (Å²) < 4.78 is 37.3. The number of piperidine rings is 1. The third kappa shape index (κ3) is 4.04. The molecule has 12 heteroatoms. The molecular weight excluding hydrogens is 522 g/mol. The van der Waals surface area contributed by atoms with Gasteiger partial charge in [-0.1, -0.05) is 0 Å². The molecule has 2 bridgehead atoms. The minimum Gasteiger partial charge on any atom is -0.463 e. The summed E-state index contributed by atoms with van der Waals surface area (Å²) in [6.45, 7) is 3.87. The smallest absolute Gasteiger partial charge is 0.319 e. The Labute approximate surface area is 227 Å². The summed E-state index contributed by atoms with van der Waals surface area (Å²) in [5.74, 6) is -0.260. The van der Waals surface area contributed by atoms with Crippen LogP contribution in [0.2, 0.25) is 0 Å². The quantitative estimate of drug-likeness (QED) is 0.386. The molecule has 0 radical (unpaired) electrons. The molecule has 0 aliphatic carbocycles. The highest BCUT2D eigenvalue weighted by Gasteiger charge is 2.38. The molecule has 4 saturated heterocycles. The number of pyridine rings is 1. The average molecular weight is 549 g/mol. The van der Waals surface area contributed by atoms with Crippen molar-refractivity contribution in [1.82, 2.24) is 25.2 Å². The van der Waals surface area contributed by atoms with Crippen molar-refractivity contribution in [1.29, 1.82) is 5.26 Å². The molecule has 1 aromatic carbocycles. The van der Waals surface area contributed by atoms with E-state index in [1.807, 2.05) is 6.07 Å². The second-order valence-corrected chi connectivity index (χ2v) is 11.7. The van der Waals surface area contributed by atoms with Gasteiger partial charge in [-0.05, 0) is 38.6 Å². The molecule has 9 nitrogen and oxygen atoms in total. The van der Waals surface area contributed by atoms with Gasteiger partial charge in [0.05, 0.1) is 22.3 Å². The highest BCUT2D eigenvalue weighted by Crippen LogP contribution is 2.42. The molecule has 2 unspecified atom stereocenters. The van der Waals surface area contributed by atoms with Gasteiger partial charge in [0.1, 0.15) is 33.9 Å². The van der Waals surface area contributed by atoms with Crippen molar-refractivity contribution < 1.29 is 13.5 Å². The van der Waals surface area contributed by atoms with Crippen LogP contribution in [-0.2, 0) is 0 Å². The molecule has 4 aliphatic heterocycles. The van der Waals surface area contributed by atoms with Crippen LogP contribution < -0.4 is 20.7 Å². The molecule has 3 aromatic heterocycles. The number of fused-ring (bicyclic) bond motifs is 4. The number of hydrogen-bond acceptors (Lipinski definition) is 10. The number of likely N-dealkylation sites (tertiary alicyclic amines) is 1. The lowest BCUT2D eigenvalue weighted by Crippen LogP contribution is -2.67. The molecule has 7 heterocycles. The molecule has 200 valence electrons. The predicted octanol–water partition coefficient (Wildman–Crippen LogP) is 3.52. The first-order chi connectivity index (χ1) is 18.9. The molecule has 0 amide bonds. The summed E-state index contributed by atoms with van der Waals surface area (Å²) in [6, 6.07) is 5.56. The number of halogens is 2. The number of nitrogens with one attached hydrogen (secondary N) is 1. The van der Waals surface area contributed by atoms with E-state index in [2.05, 4.69) is 32.1 Å². The fraction of sp³-hybridized carbons (Fsp3) is 0.407. The van der Waals surface area contributed by atoms with Crippen molar-refractivity contribution in [3.8, 4) is 23.3 Å². The van der Waals surface area contributed by atoms with Gasteiger partial charge in [-0.2, -0.15) is 15.2 Å². The van der Waals surface area contributed by atoms with Gasteiger partial charge in [0.2, 0.25) is 0 Å². The molecule has 4 aliphatic rings. The number of hydrogen-bond donors (Lipinski definition) is 2. The Bertz CT molecular complexity index is 1650. The summed E-state index contributed by atoms with van der Waals surface area (Å²) in [6.07, 6.45) is 3.69. The van der Waals surface area contributed by atoms with Crippen LogP contribution in [0.25, 0.3) is 32.2 Å². The van der Waals surface area contributed by atoms with E-state index in [1.54, 1.807) is 6.20 Å². The van der Waals surface area contributed by atoms with Gasteiger partial charge in [0, 0.05) is 54.8 Å². The van der Waals surface area contributed by atoms with Crippen molar-refractivity contribution in [2.45, 2.75) is 24.9 Å². The van der Waals surface area contributed by atoms with E-state index >= 15 is 4.39 Å². The Hall–Kier alpha value is -3.66. The Kier molecular flexibility index (Phi) is 5.77. The molecule has 3 atom stereocenters. The van der Waals surface area contributed by atoms with Gasteiger partial charge in [0.25, 0.3) is 0 Å². The third-order valence-corrected chi connectivity index (χ3v) is 9.01. The van der Waals surface area contributed by atoms with E-state index in [0.29, 0.717) is 35.8 Å². The SMILES string of the molecule is CN1CC[C@H](COc2nc(N3CC4CC(C3)N4)c3cnc(-c4ccc(F)c5sc(N)c(C#N)c45)c(F)c3n2)C1. The van der Waals surface area contributed by atoms with Gasteiger partial charge >= 0.3 is 6.01 Å². The summed E-state index contributed by atoms with van der Waals surface area (Å²) in [5, 5.41) is 14.1. The lowest BCUT2D eigenvalue weighted by molar-refractivity contribution is 0.222. The number of nitrogens with zero attached hydrogens (tertiary/aromatic N) is 6. The topological polar surface area (TPSA) is 116 Å². The number of nitriles is 1. The first kappa shape index (κ1) is 24.4. The number of thiophene rings is 1. The molecule has 3 N–H and O–H groups in total. The number of nitrogens with two attached hydrogens (primary N) is 1. The van der Waals surface area contributed by atoms with E-state index in [0.717, 1.165) is 50.4 Å². The maximum absolute atomic E-state index is 16.4. The van der Waals surface area contributed by atoms with Gasteiger partial charge in [-0.15, -0.1) is 11.3 Å². The molecule has 8 rings (SSSR count). The number of benzene rings is 1. The minimum absolute atomic E-state index is 0.0297. The highest BCUT2D eigenvalue weighted by atomic mass is 32.1. The van der Waals surface area contributed by atoms with Crippen LogP contribution in [0.15, 0.2) is 18.3 Å². The fourth-order valence-corrected chi connectivity index (χ4v) is 7.00. The fourth-order valence-electron chi connectivity index (χ4n) is 6.05. The normalized spacial score (nSPS) is 22.8. The number of piperazine rings is 1. The zero-order chi connectivity index (χ0) is 26.8. The molecule has 4 fully saturated rings. The third-order valence-electron chi connectivity index (χ3n) is 7.99. The summed E-state index contributed by atoms with van der Waals surface area (Å²) >= 11 is 0.963. The van der Waals surface area contributed by atoms with E-state index in [-0.39, 0.29) is 43.4 Å². The van der Waals surface area contributed by atoms with Crippen molar-refractivity contribution in [3.05, 3.63) is 35.5 Å².